The van der Waals surface area contributed by atoms with Gasteiger partial charge in [-0.15, -0.1) is 0 Å². The molecule has 0 saturated carbocycles. The van der Waals surface area contributed by atoms with Gasteiger partial charge >= 0.3 is 5.97 Å². The molecule has 31 heavy (non-hydrogen) atoms. The molecule has 0 aliphatic heterocycles. The highest BCUT2D eigenvalue weighted by Crippen LogP contribution is 2.08. The number of aliphatic carboxylic acids is 1. The molecular formula is C20H39N5O5S. The van der Waals surface area contributed by atoms with Crippen molar-refractivity contribution < 1.29 is 24.3 Å². The second kappa shape index (κ2) is 15.0. The summed E-state index contributed by atoms with van der Waals surface area (Å²) in [5.41, 5.74) is 11.3. The Morgan fingerprint density at radius 1 is 0.871 bits per heavy atom. The number of carbonyl (C=O) groups is 4. The Morgan fingerprint density at radius 3 is 1.84 bits per heavy atom. The van der Waals surface area contributed by atoms with Gasteiger partial charge in [-0.3, -0.25) is 14.4 Å². The summed E-state index contributed by atoms with van der Waals surface area (Å²) in [4.78, 5) is 49.1. The second-order valence-electron chi connectivity index (χ2n) is 8.39. The highest BCUT2D eigenvalue weighted by molar-refractivity contribution is 7.80. The maximum atomic E-state index is 12.8. The standard InChI is InChI=1S/C20H39N5O5S/c1-11(2)9-14(20(29)30)24-17(26)13(7-5-6-8-21)23-18(27)15(10-31)25-19(28)16(22)12(3)4/h11-16,31H,5-10,21-22H2,1-4H3,(H,23,27)(H,24,26)(H,25,28)(H,29,30). The molecule has 0 aromatic heterocycles. The highest BCUT2D eigenvalue weighted by atomic mass is 32.1. The zero-order valence-corrected chi connectivity index (χ0v) is 19.8. The van der Waals surface area contributed by atoms with Crippen molar-refractivity contribution in [1.82, 2.24) is 16.0 Å². The molecule has 180 valence electrons. The van der Waals surface area contributed by atoms with Gasteiger partial charge in [0.25, 0.3) is 0 Å². The number of hydrogen-bond acceptors (Lipinski definition) is 7. The van der Waals surface area contributed by atoms with Crippen LogP contribution in [0.4, 0.5) is 0 Å². The highest BCUT2D eigenvalue weighted by Gasteiger charge is 2.30. The van der Waals surface area contributed by atoms with Gasteiger partial charge < -0.3 is 32.5 Å². The molecule has 10 nitrogen and oxygen atoms in total. The van der Waals surface area contributed by atoms with Crippen LogP contribution >= 0.6 is 12.6 Å². The average molecular weight is 462 g/mol. The van der Waals surface area contributed by atoms with E-state index in [2.05, 4.69) is 28.6 Å². The predicted octanol–water partition coefficient (Wildman–Crippen LogP) is -0.386. The molecule has 11 heteroatoms. The van der Waals surface area contributed by atoms with E-state index < -0.39 is 47.9 Å². The van der Waals surface area contributed by atoms with Gasteiger partial charge in [0.1, 0.15) is 18.1 Å². The van der Waals surface area contributed by atoms with E-state index in [1.807, 2.05) is 13.8 Å². The van der Waals surface area contributed by atoms with Crippen LogP contribution in [0.1, 0.15) is 53.4 Å². The summed E-state index contributed by atoms with van der Waals surface area (Å²) in [7, 11) is 0. The van der Waals surface area contributed by atoms with Crippen LogP contribution in [0.3, 0.4) is 0 Å². The van der Waals surface area contributed by atoms with Crippen molar-refractivity contribution in [2.75, 3.05) is 12.3 Å². The number of carbonyl (C=O) groups excluding carboxylic acids is 3. The van der Waals surface area contributed by atoms with Crippen molar-refractivity contribution in [2.45, 2.75) is 77.5 Å². The summed E-state index contributed by atoms with van der Waals surface area (Å²) in [6.45, 7) is 7.70. The van der Waals surface area contributed by atoms with Crippen molar-refractivity contribution in [1.29, 1.82) is 0 Å². The molecule has 3 amide bonds. The molecule has 0 radical (unpaired) electrons. The Bertz CT molecular complexity index is 603. The number of unbranched alkanes of at least 4 members (excludes halogenated alkanes) is 1. The molecule has 0 aliphatic rings. The van der Waals surface area contributed by atoms with Crippen LogP contribution in [0.15, 0.2) is 0 Å². The summed E-state index contributed by atoms with van der Waals surface area (Å²) in [5.74, 6) is -2.88. The second-order valence-corrected chi connectivity index (χ2v) is 8.75. The first-order valence-corrected chi connectivity index (χ1v) is 11.3. The molecule has 0 aliphatic carbocycles. The smallest absolute Gasteiger partial charge is 0.326 e. The Balaban J connectivity index is 5.29. The molecule has 0 saturated heterocycles. The molecule has 0 heterocycles. The van der Waals surface area contributed by atoms with Gasteiger partial charge in [0, 0.05) is 5.75 Å². The lowest BCUT2D eigenvalue weighted by molar-refractivity contribution is -0.142. The number of carboxylic acid groups (broad SMARTS) is 1. The zero-order chi connectivity index (χ0) is 24.1. The van der Waals surface area contributed by atoms with Crippen LogP contribution in [-0.4, -0.2) is 65.3 Å². The Morgan fingerprint density at radius 2 is 1.39 bits per heavy atom. The number of nitrogens with two attached hydrogens (primary N) is 2. The number of thiol groups is 1. The number of nitrogens with one attached hydrogen (secondary N) is 3. The lowest BCUT2D eigenvalue weighted by Gasteiger charge is -2.25. The monoisotopic (exact) mass is 461 g/mol. The van der Waals surface area contributed by atoms with Gasteiger partial charge in [0.15, 0.2) is 0 Å². The van der Waals surface area contributed by atoms with E-state index in [0.29, 0.717) is 19.4 Å². The average Bonchev–Trinajstić information content (AvgIpc) is 2.69. The van der Waals surface area contributed by atoms with Gasteiger partial charge in [-0.05, 0) is 44.1 Å². The fourth-order valence-electron chi connectivity index (χ4n) is 2.76. The van der Waals surface area contributed by atoms with Crippen molar-refractivity contribution in [3.05, 3.63) is 0 Å². The minimum absolute atomic E-state index is 0.00459. The largest absolute Gasteiger partial charge is 0.480 e. The molecule has 0 spiro atoms. The van der Waals surface area contributed by atoms with E-state index in [0.717, 1.165) is 0 Å². The van der Waals surface area contributed by atoms with E-state index in [9.17, 15) is 24.3 Å². The molecule has 0 aromatic carbocycles. The molecule has 4 unspecified atom stereocenters. The van der Waals surface area contributed by atoms with Crippen LogP contribution in [0, 0.1) is 11.8 Å². The molecule has 0 fully saturated rings. The van der Waals surface area contributed by atoms with Crippen molar-refractivity contribution in [3.8, 4) is 0 Å². The van der Waals surface area contributed by atoms with E-state index >= 15 is 0 Å². The van der Waals surface area contributed by atoms with Crippen molar-refractivity contribution in [2.24, 2.45) is 23.3 Å². The number of amides is 3. The van der Waals surface area contributed by atoms with Gasteiger partial charge in [-0.25, -0.2) is 4.79 Å². The molecule has 4 atom stereocenters. The van der Waals surface area contributed by atoms with Crippen molar-refractivity contribution >= 4 is 36.3 Å². The van der Waals surface area contributed by atoms with E-state index in [1.54, 1.807) is 13.8 Å². The molecule has 0 bridgehead atoms. The summed E-state index contributed by atoms with van der Waals surface area (Å²) < 4.78 is 0. The van der Waals surface area contributed by atoms with Crippen molar-refractivity contribution in [3.63, 3.8) is 0 Å². The van der Waals surface area contributed by atoms with Crippen LogP contribution in [0.5, 0.6) is 0 Å². The summed E-state index contributed by atoms with van der Waals surface area (Å²) in [6, 6.07) is -3.81. The minimum atomic E-state index is -1.14. The first-order chi connectivity index (χ1) is 14.4. The molecular weight excluding hydrogens is 422 g/mol. The Kier molecular flexibility index (Phi) is 14.1. The number of carboxylic acids is 1. The quantitative estimate of drug-likeness (QED) is 0.128. The lowest BCUT2D eigenvalue weighted by atomic mass is 10.0. The first-order valence-electron chi connectivity index (χ1n) is 10.6. The molecule has 0 rings (SSSR count). The summed E-state index contributed by atoms with van der Waals surface area (Å²) >= 11 is 4.12. The first kappa shape index (κ1) is 29.1. The summed E-state index contributed by atoms with van der Waals surface area (Å²) in [5, 5.41) is 17.0. The van der Waals surface area contributed by atoms with Crippen LogP contribution in [0.2, 0.25) is 0 Å². The number of hydrogen-bond donors (Lipinski definition) is 7. The van der Waals surface area contributed by atoms with E-state index in [1.165, 1.54) is 0 Å². The zero-order valence-electron chi connectivity index (χ0n) is 18.9. The predicted molar refractivity (Wildman–Crippen MR) is 122 cm³/mol. The lowest BCUT2D eigenvalue weighted by Crippen LogP contribution is -2.58. The Labute approximate surface area is 190 Å². The molecule has 8 N–H and O–H groups in total. The minimum Gasteiger partial charge on any atom is -0.480 e. The normalized spacial score (nSPS) is 15.1. The maximum Gasteiger partial charge on any atom is 0.326 e. The summed E-state index contributed by atoms with van der Waals surface area (Å²) in [6.07, 6.45) is 1.74. The fourth-order valence-corrected chi connectivity index (χ4v) is 3.02. The van der Waals surface area contributed by atoms with E-state index in [-0.39, 0.29) is 30.4 Å². The SMILES string of the molecule is CC(C)CC(NC(=O)C(CCCCN)NC(=O)C(CS)NC(=O)C(N)C(C)C)C(=O)O. The van der Waals surface area contributed by atoms with Crippen LogP contribution < -0.4 is 27.4 Å². The van der Waals surface area contributed by atoms with Gasteiger partial charge in [-0.2, -0.15) is 12.6 Å². The third-order valence-electron chi connectivity index (χ3n) is 4.74. The van der Waals surface area contributed by atoms with Gasteiger partial charge in [0.05, 0.1) is 6.04 Å². The van der Waals surface area contributed by atoms with E-state index in [4.69, 9.17) is 11.5 Å². The Hall–Kier alpha value is -1.85. The van der Waals surface area contributed by atoms with Crippen LogP contribution in [-0.2, 0) is 19.2 Å². The maximum absolute atomic E-state index is 12.8. The topological polar surface area (TPSA) is 177 Å². The molecule has 0 aromatic rings. The van der Waals surface area contributed by atoms with Crippen LogP contribution in [0.25, 0.3) is 0 Å². The third kappa shape index (κ3) is 11.4. The van der Waals surface area contributed by atoms with Gasteiger partial charge in [-0.1, -0.05) is 27.7 Å². The van der Waals surface area contributed by atoms with Gasteiger partial charge in [0.2, 0.25) is 17.7 Å². The third-order valence-corrected chi connectivity index (χ3v) is 5.10. The number of rotatable bonds is 15. The fraction of sp³-hybridized carbons (Fsp3) is 0.800.